The normalized spacial score (nSPS) is 13.9. The zero-order valence-electron chi connectivity index (χ0n) is 23.2. The molecule has 2 heterocycles. The smallest absolute Gasteiger partial charge is 0.154 e. The number of aromatic nitrogens is 3. The highest BCUT2D eigenvalue weighted by molar-refractivity contribution is 9.10. The quantitative estimate of drug-likeness (QED) is 0.126. The molecule has 0 saturated carbocycles. The van der Waals surface area contributed by atoms with Crippen molar-refractivity contribution in [3.63, 3.8) is 0 Å². The Labute approximate surface area is 253 Å². The predicted octanol–water partition coefficient (Wildman–Crippen LogP) is 6.86. The first-order valence-corrected chi connectivity index (χ1v) is 15.1. The van der Waals surface area contributed by atoms with E-state index in [4.69, 9.17) is 10.8 Å². The maximum absolute atomic E-state index is 11.3. The summed E-state index contributed by atoms with van der Waals surface area (Å²) in [6.45, 7) is 0.0491. The molecule has 0 aliphatic heterocycles. The summed E-state index contributed by atoms with van der Waals surface area (Å²) in [7, 11) is 0. The zero-order valence-corrected chi connectivity index (χ0v) is 24.8. The molecule has 4 aromatic carbocycles. The third-order valence-electron chi connectivity index (χ3n) is 7.94. The number of aliphatic hydroxyl groups is 2. The van der Waals surface area contributed by atoms with Gasteiger partial charge in [0.2, 0.25) is 0 Å². The van der Waals surface area contributed by atoms with Crippen molar-refractivity contribution >= 4 is 48.9 Å². The lowest BCUT2D eigenvalue weighted by molar-refractivity contribution is 0.129. The Balaban J connectivity index is 1.21. The van der Waals surface area contributed by atoms with Crippen molar-refractivity contribution in [2.75, 3.05) is 11.9 Å². The molecule has 3 atom stereocenters. The molecule has 6 rings (SSSR count). The first-order chi connectivity index (χ1) is 20.5. The van der Waals surface area contributed by atoms with Crippen molar-refractivity contribution in [2.24, 2.45) is 5.73 Å². The monoisotopic (exact) mass is 623 g/mol. The predicted molar refractivity (Wildman–Crippen MR) is 173 cm³/mol. The molecular weight excluding hydrogens is 590 g/mol. The summed E-state index contributed by atoms with van der Waals surface area (Å²) < 4.78 is 2.80. The van der Waals surface area contributed by atoms with Gasteiger partial charge in [0.1, 0.15) is 5.82 Å². The first kappa shape index (κ1) is 28.3. The fourth-order valence-electron chi connectivity index (χ4n) is 5.70. The van der Waals surface area contributed by atoms with Gasteiger partial charge in [0.05, 0.1) is 24.0 Å². The van der Waals surface area contributed by atoms with Gasteiger partial charge in [-0.25, -0.2) is 9.50 Å². The summed E-state index contributed by atoms with van der Waals surface area (Å²) in [4.78, 5) is 4.56. The van der Waals surface area contributed by atoms with Gasteiger partial charge in [-0.3, -0.25) is 0 Å². The molecule has 0 saturated heterocycles. The molecule has 2 aromatic heterocycles. The summed E-state index contributed by atoms with van der Waals surface area (Å²) in [6, 6.07) is 30.2. The van der Waals surface area contributed by atoms with E-state index in [1.54, 1.807) is 0 Å². The zero-order chi connectivity index (χ0) is 29.1. The highest BCUT2D eigenvalue weighted by Crippen LogP contribution is 2.33. The molecule has 0 radical (unpaired) electrons. The Morgan fingerprint density at radius 3 is 2.45 bits per heavy atom. The largest absolute Gasteiger partial charge is 0.396 e. The SMILES string of the molecule is NC(CCC(O)C(CCCO)Nc1ccc2ncc(-c3ccc4ccccc4c3)n2n1)c1c(Br)ccc2ccccc12. The number of anilines is 1. The van der Waals surface area contributed by atoms with Crippen molar-refractivity contribution in [1.82, 2.24) is 14.6 Å². The molecular formula is C34H34BrN5O2. The van der Waals surface area contributed by atoms with Crippen LogP contribution in [0.2, 0.25) is 0 Å². The van der Waals surface area contributed by atoms with E-state index in [2.05, 4.69) is 74.8 Å². The minimum absolute atomic E-state index is 0.0491. The van der Waals surface area contributed by atoms with Crippen LogP contribution in [-0.2, 0) is 0 Å². The third-order valence-corrected chi connectivity index (χ3v) is 8.63. The molecule has 0 bridgehead atoms. The van der Waals surface area contributed by atoms with Crippen LogP contribution in [0.4, 0.5) is 5.82 Å². The van der Waals surface area contributed by atoms with E-state index in [-0.39, 0.29) is 18.7 Å². The molecule has 6 aromatic rings. The fraction of sp³-hybridized carbons (Fsp3) is 0.235. The maximum atomic E-state index is 11.3. The Bertz CT molecular complexity index is 1840. The number of imidazole rings is 1. The standard InChI is InChI=1S/C34H34BrN5O2/c35-27-14-13-23-7-3-4-9-26(23)34(27)28(36)15-16-31(42)29(10-5-19-41)38-32-17-18-33-37-21-30(40(33)39-32)25-12-11-22-6-1-2-8-24(22)20-25/h1-4,6-9,11-14,17-18,20-21,28-29,31,41-42H,5,10,15-16,19,36H2,(H,38,39). The molecule has 5 N–H and O–H groups in total. The van der Waals surface area contributed by atoms with E-state index in [0.29, 0.717) is 31.5 Å². The van der Waals surface area contributed by atoms with Crippen molar-refractivity contribution in [2.45, 2.75) is 43.9 Å². The number of nitrogens with one attached hydrogen (secondary N) is 1. The molecule has 214 valence electrons. The van der Waals surface area contributed by atoms with Gasteiger partial charge in [0.15, 0.2) is 5.65 Å². The number of fused-ring (bicyclic) bond motifs is 3. The molecule has 0 fully saturated rings. The Hall–Kier alpha value is -3.82. The third kappa shape index (κ3) is 5.89. The lowest BCUT2D eigenvalue weighted by Crippen LogP contribution is -2.35. The second-order valence-electron chi connectivity index (χ2n) is 10.7. The van der Waals surface area contributed by atoms with Crippen LogP contribution in [0, 0.1) is 0 Å². The van der Waals surface area contributed by atoms with Gasteiger partial charge in [-0.05, 0) is 77.1 Å². The van der Waals surface area contributed by atoms with Crippen LogP contribution < -0.4 is 11.1 Å². The molecule has 0 aliphatic carbocycles. The highest BCUT2D eigenvalue weighted by Gasteiger charge is 2.22. The van der Waals surface area contributed by atoms with E-state index in [1.807, 2.05) is 53.2 Å². The average molecular weight is 625 g/mol. The van der Waals surface area contributed by atoms with E-state index >= 15 is 0 Å². The van der Waals surface area contributed by atoms with Crippen molar-refractivity contribution in [1.29, 1.82) is 0 Å². The lowest BCUT2D eigenvalue weighted by atomic mass is 9.93. The summed E-state index contributed by atoms with van der Waals surface area (Å²) in [5.41, 5.74) is 10.4. The Kier molecular flexibility index (Phi) is 8.48. The van der Waals surface area contributed by atoms with Crippen molar-refractivity contribution < 1.29 is 10.2 Å². The number of nitrogens with zero attached hydrogens (tertiary/aromatic N) is 3. The van der Waals surface area contributed by atoms with Gasteiger partial charge in [0, 0.05) is 22.7 Å². The molecule has 0 amide bonds. The van der Waals surface area contributed by atoms with Gasteiger partial charge >= 0.3 is 0 Å². The number of hydrogen-bond acceptors (Lipinski definition) is 6. The summed E-state index contributed by atoms with van der Waals surface area (Å²) in [5, 5.41) is 33.7. The Morgan fingerprint density at radius 2 is 1.62 bits per heavy atom. The number of halogens is 1. The summed E-state index contributed by atoms with van der Waals surface area (Å²) in [5.74, 6) is 0.630. The number of nitrogens with two attached hydrogens (primary N) is 1. The van der Waals surface area contributed by atoms with Crippen LogP contribution in [0.25, 0.3) is 38.4 Å². The van der Waals surface area contributed by atoms with Gasteiger partial charge < -0.3 is 21.3 Å². The van der Waals surface area contributed by atoms with Crippen molar-refractivity contribution in [3.8, 4) is 11.3 Å². The van der Waals surface area contributed by atoms with E-state index < -0.39 is 6.10 Å². The maximum Gasteiger partial charge on any atom is 0.154 e. The van der Waals surface area contributed by atoms with Gasteiger partial charge in [-0.15, -0.1) is 5.10 Å². The topological polar surface area (TPSA) is 109 Å². The van der Waals surface area contributed by atoms with Crippen LogP contribution in [0.5, 0.6) is 0 Å². The molecule has 8 heteroatoms. The minimum atomic E-state index is -0.684. The lowest BCUT2D eigenvalue weighted by Gasteiger charge is -2.26. The second kappa shape index (κ2) is 12.6. The van der Waals surface area contributed by atoms with E-state index in [9.17, 15) is 10.2 Å². The molecule has 7 nitrogen and oxygen atoms in total. The average Bonchev–Trinajstić information content (AvgIpc) is 3.44. The van der Waals surface area contributed by atoms with Gasteiger partial charge in [-0.1, -0.05) is 82.7 Å². The highest BCUT2D eigenvalue weighted by atomic mass is 79.9. The van der Waals surface area contributed by atoms with E-state index in [0.717, 1.165) is 43.1 Å². The Morgan fingerprint density at radius 1 is 0.857 bits per heavy atom. The minimum Gasteiger partial charge on any atom is -0.396 e. The van der Waals surface area contributed by atoms with E-state index in [1.165, 1.54) is 5.39 Å². The summed E-state index contributed by atoms with van der Waals surface area (Å²) >= 11 is 3.68. The molecule has 0 spiro atoms. The molecule has 3 unspecified atom stereocenters. The number of benzene rings is 4. The molecule has 42 heavy (non-hydrogen) atoms. The van der Waals surface area contributed by atoms with Crippen LogP contribution in [0.15, 0.2) is 102 Å². The number of aliphatic hydroxyl groups excluding tert-OH is 2. The van der Waals surface area contributed by atoms with Gasteiger partial charge in [-0.2, -0.15) is 0 Å². The molecule has 0 aliphatic rings. The summed E-state index contributed by atoms with van der Waals surface area (Å²) in [6.07, 6.45) is 3.40. The first-order valence-electron chi connectivity index (χ1n) is 14.3. The number of rotatable bonds is 11. The van der Waals surface area contributed by atoms with Crippen LogP contribution >= 0.6 is 15.9 Å². The van der Waals surface area contributed by atoms with Crippen LogP contribution in [-0.4, -0.2) is 43.6 Å². The second-order valence-corrected chi connectivity index (χ2v) is 11.6. The van der Waals surface area contributed by atoms with Crippen molar-refractivity contribution in [3.05, 3.63) is 107 Å². The van der Waals surface area contributed by atoms with Crippen LogP contribution in [0.3, 0.4) is 0 Å². The number of hydrogen-bond donors (Lipinski definition) is 4. The van der Waals surface area contributed by atoms with Gasteiger partial charge in [0.25, 0.3) is 0 Å². The fourth-order valence-corrected chi connectivity index (χ4v) is 6.34. The van der Waals surface area contributed by atoms with Crippen LogP contribution in [0.1, 0.15) is 37.3 Å².